The lowest BCUT2D eigenvalue weighted by Gasteiger charge is -2.14. The first-order valence-corrected chi connectivity index (χ1v) is 7.03. The molecule has 1 fully saturated rings. The Morgan fingerprint density at radius 3 is 2.45 bits per heavy atom. The number of fused-ring (bicyclic) bond motifs is 1. The van der Waals surface area contributed by atoms with Gasteiger partial charge >= 0.3 is 0 Å². The number of hydrogen-bond acceptors (Lipinski definition) is 3. The van der Waals surface area contributed by atoms with E-state index in [1.165, 1.54) is 4.90 Å². The highest BCUT2D eigenvalue weighted by molar-refractivity contribution is 6.05. The molecule has 5 nitrogen and oxygen atoms in total. The first kappa shape index (κ1) is 14.5. The smallest absolute Gasteiger partial charge is 0.233 e. The number of likely N-dealkylation sites (tertiary alicyclic amines) is 1. The molecule has 0 radical (unpaired) electrons. The Morgan fingerprint density at radius 1 is 1.30 bits per heavy atom. The van der Waals surface area contributed by atoms with Gasteiger partial charge in [-0.25, -0.2) is 0 Å². The molecule has 0 spiro atoms. The van der Waals surface area contributed by atoms with Crippen LogP contribution in [0.2, 0.25) is 0 Å². The van der Waals surface area contributed by atoms with Gasteiger partial charge in [0.25, 0.3) is 0 Å². The number of carbonyl (C=O) groups excluding carboxylic acids is 3. The minimum atomic E-state index is -0.179. The second-order valence-electron chi connectivity index (χ2n) is 5.18. The Hall–Kier alpha value is -1.91. The zero-order chi connectivity index (χ0) is 14.5. The first-order valence-electron chi connectivity index (χ1n) is 7.03. The third kappa shape index (κ3) is 2.98. The summed E-state index contributed by atoms with van der Waals surface area (Å²) in [7, 11) is 0. The van der Waals surface area contributed by atoms with Crippen LogP contribution in [0.1, 0.15) is 25.7 Å². The highest BCUT2D eigenvalue weighted by atomic mass is 16.2. The summed E-state index contributed by atoms with van der Waals surface area (Å²) >= 11 is 0. The van der Waals surface area contributed by atoms with Crippen molar-refractivity contribution in [2.45, 2.75) is 25.7 Å². The Kier molecular flexibility index (Phi) is 4.71. The monoisotopic (exact) mass is 276 g/mol. The van der Waals surface area contributed by atoms with Gasteiger partial charge in [-0.15, -0.1) is 6.58 Å². The van der Waals surface area contributed by atoms with Crippen molar-refractivity contribution in [3.63, 3.8) is 0 Å². The average Bonchev–Trinajstić information content (AvgIpc) is 2.70. The minimum Gasteiger partial charge on any atom is -0.353 e. The molecule has 1 heterocycles. The highest BCUT2D eigenvalue weighted by Crippen LogP contribution is 2.34. The molecule has 0 aromatic rings. The maximum atomic E-state index is 12.2. The highest BCUT2D eigenvalue weighted by Gasteiger charge is 2.46. The molecule has 0 aromatic heterocycles. The van der Waals surface area contributed by atoms with E-state index < -0.39 is 0 Å². The molecule has 3 amide bonds. The van der Waals surface area contributed by atoms with E-state index in [1.807, 2.05) is 12.2 Å². The quantitative estimate of drug-likeness (QED) is 0.582. The van der Waals surface area contributed by atoms with E-state index in [2.05, 4.69) is 11.9 Å². The second kappa shape index (κ2) is 6.50. The number of allylic oxidation sites excluding steroid dienone is 2. The zero-order valence-electron chi connectivity index (χ0n) is 11.5. The number of nitrogens with one attached hydrogen (secondary N) is 1. The Morgan fingerprint density at radius 2 is 1.90 bits per heavy atom. The molecule has 0 saturated carbocycles. The van der Waals surface area contributed by atoms with Crippen LogP contribution in [-0.2, 0) is 14.4 Å². The molecule has 0 unspecified atom stereocenters. The van der Waals surface area contributed by atoms with E-state index in [-0.39, 0.29) is 29.6 Å². The normalized spacial score (nSPS) is 24.7. The number of rotatable bonds is 6. The van der Waals surface area contributed by atoms with Crippen LogP contribution in [0.15, 0.2) is 24.8 Å². The maximum absolute atomic E-state index is 12.2. The van der Waals surface area contributed by atoms with Crippen molar-refractivity contribution in [2.24, 2.45) is 11.8 Å². The van der Waals surface area contributed by atoms with Gasteiger partial charge in [0.05, 0.1) is 11.8 Å². The average molecular weight is 276 g/mol. The van der Waals surface area contributed by atoms with Crippen molar-refractivity contribution in [2.75, 3.05) is 13.1 Å². The standard InChI is InChI=1S/C15H20N2O3/c1-2-9-16-13(18)8-5-10-17-14(19)11-6-3-4-7-12(11)15(17)20/h2-4,11-12H,1,5-10H2,(H,16,18)/t11-,12+. The number of carbonyl (C=O) groups is 3. The predicted molar refractivity (Wildman–Crippen MR) is 74.5 cm³/mol. The Bertz CT molecular complexity index is 430. The molecule has 0 bridgehead atoms. The van der Waals surface area contributed by atoms with Gasteiger partial charge < -0.3 is 5.32 Å². The van der Waals surface area contributed by atoms with Crippen LogP contribution in [0.4, 0.5) is 0 Å². The summed E-state index contributed by atoms with van der Waals surface area (Å²) in [4.78, 5) is 37.1. The lowest BCUT2D eigenvalue weighted by molar-refractivity contribution is -0.140. The van der Waals surface area contributed by atoms with Gasteiger partial charge in [0.1, 0.15) is 0 Å². The van der Waals surface area contributed by atoms with Gasteiger partial charge in [0.2, 0.25) is 17.7 Å². The van der Waals surface area contributed by atoms with Crippen LogP contribution in [-0.4, -0.2) is 35.7 Å². The van der Waals surface area contributed by atoms with Gasteiger partial charge in [-0.2, -0.15) is 0 Å². The topological polar surface area (TPSA) is 66.5 Å². The summed E-state index contributed by atoms with van der Waals surface area (Å²) in [5.74, 6) is -0.584. The van der Waals surface area contributed by atoms with Crippen LogP contribution in [0.25, 0.3) is 0 Å². The van der Waals surface area contributed by atoms with Crippen LogP contribution >= 0.6 is 0 Å². The third-order valence-electron chi connectivity index (χ3n) is 3.83. The fourth-order valence-corrected chi connectivity index (χ4v) is 2.76. The Balaban J connectivity index is 1.82. The minimum absolute atomic E-state index is 0.0733. The summed E-state index contributed by atoms with van der Waals surface area (Å²) in [5, 5.41) is 2.67. The molecule has 0 aromatic carbocycles. The second-order valence-corrected chi connectivity index (χ2v) is 5.18. The summed E-state index contributed by atoms with van der Waals surface area (Å²) in [5.41, 5.74) is 0. The van der Waals surface area contributed by atoms with E-state index in [9.17, 15) is 14.4 Å². The van der Waals surface area contributed by atoms with Gasteiger partial charge in [0, 0.05) is 19.5 Å². The predicted octanol–water partition coefficient (Wildman–Crippen LogP) is 1.02. The van der Waals surface area contributed by atoms with Crippen molar-refractivity contribution in [1.29, 1.82) is 0 Å². The van der Waals surface area contributed by atoms with Crippen LogP contribution in [0.5, 0.6) is 0 Å². The molecule has 1 aliphatic heterocycles. The Labute approximate surface area is 118 Å². The maximum Gasteiger partial charge on any atom is 0.233 e. The molecule has 5 heteroatoms. The van der Waals surface area contributed by atoms with Crippen molar-refractivity contribution in [3.8, 4) is 0 Å². The van der Waals surface area contributed by atoms with E-state index in [0.717, 1.165) is 0 Å². The van der Waals surface area contributed by atoms with Crippen molar-refractivity contribution < 1.29 is 14.4 Å². The number of imide groups is 1. The van der Waals surface area contributed by atoms with Crippen molar-refractivity contribution >= 4 is 17.7 Å². The fraction of sp³-hybridized carbons (Fsp3) is 0.533. The fourth-order valence-electron chi connectivity index (χ4n) is 2.76. The molecule has 2 atom stereocenters. The first-order chi connectivity index (χ1) is 9.65. The SMILES string of the molecule is C=CCNC(=O)CCCN1C(=O)[C@H]2CC=CC[C@H]2C1=O. The van der Waals surface area contributed by atoms with E-state index >= 15 is 0 Å². The summed E-state index contributed by atoms with van der Waals surface area (Å²) < 4.78 is 0. The van der Waals surface area contributed by atoms with Gasteiger partial charge in [-0.1, -0.05) is 18.2 Å². The van der Waals surface area contributed by atoms with Crippen molar-refractivity contribution in [3.05, 3.63) is 24.8 Å². The van der Waals surface area contributed by atoms with E-state index in [0.29, 0.717) is 38.8 Å². The summed E-state index contributed by atoms with van der Waals surface area (Å²) in [6.45, 7) is 4.30. The third-order valence-corrected chi connectivity index (χ3v) is 3.83. The molecule has 1 saturated heterocycles. The van der Waals surface area contributed by atoms with Crippen LogP contribution < -0.4 is 5.32 Å². The van der Waals surface area contributed by atoms with Gasteiger partial charge in [0.15, 0.2) is 0 Å². The molecule has 1 aliphatic carbocycles. The molecule has 20 heavy (non-hydrogen) atoms. The molecular formula is C15H20N2O3. The van der Waals surface area contributed by atoms with Crippen LogP contribution in [0.3, 0.4) is 0 Å². The number of amides is 3. The van der Waals surface area contributed by atoms with Gasteiger partial charge in [-0.05, 0) is 19.3 Å². The molecule has 1 N–H and O–H groups in total. The lowest BCUT2D eigenvalue weighted by atomic mass is 9.85. The van der Waals surface area contributed by atoms with E-state index in [1.54, 1.807) is 6.08 Å². The molecule has 2 rings (SSSR count). The van der Waals surface area contributed by atoms with Crippen LogP contribution in [0, 0.1) is 11.8 Å². The van der Waals surface area contributed by atoms with Gasteiger partial charge in [-0.3, -0.25) is 19.3 Å². The van der Waals surface area contributed by atoms with E-state index in [4.69, 9.17) is 0 Å². The summed E-state index contributed by atoms with van der Waals surface area (Å²) in [6, 6.07) is 0. The largest absolute Gasteiger partial charge is 0.353 e. The molecule has 108 valence electrons. The number of nitrogens with zero attached hydrogens (tertiary/aromatic N) is 1. The summed E-state index contributed by atoms with van der Waals surface area (Å²) in [6.07, 6.45) is 7.70. The van der Waals surface area contributed by atoms with Crippen molar-refractivity contribution in [1.82, 2.24) is 10.2 Å². The molecular weight excluding hydrogens is 256 g/mol. The number of hydrogen-bond donors (Lipinski definition) is 1. The zero-order valence-corrected chi connectivity index (χ0v) is 11.5. The molecule has 2 aliphatic rings. The lowest BCUT2D eigenvalue weighted by Crippen LogP contribution is -2.33.